The molecule has 13 nitrogen and oxygen atoms in total. The van der Waals surface area contributed by atoms with E-state index >= 15 is 0 Å². The quantitative estimate of drug-likeness (QED) is 0.202. The van der Waals surface area contributed by atoms with E-state index in [2.05, 4.69) is 21.3 Å². The molecule has 6 N–H and O–H groups in total. The summed E-state index contributed by atoms with van der Waals surface area (Å²) in [5, 5.41) is 9.74. The Morgan fingerprint density at radius 1 is 0.829 bits per heavy atom. The van der Waals surface area contributed by atoms with Gasteiger partial charge in [0.1, 0.15) is 36.4 Å². The number of carbonyl (C=O) groups is 6. The second kappa shape index (κ2) is 16.2. The molecule has 0 fully saturated rings. The standard InChI is InChI=1S/C28H43N5O8/c1-8-16(2)22(23(29)35)33-25(37)17(3)30-26(38)20(14-21(34)40-15-19-12-10-9-11-13-19)32-24(36)18(4)31-27(39)41-28(5,6)7/h9-13,16-18,20,22H,8,14-15H2,1-7H3,(H2,29,35)(H,30,38)(H,31,39)(H,32,36)(H,33,37)/t16-,17+,18+,20+,22+/m0/s1. The van der Waals surface area contributed by atoms with Crippen molar-refractivity contribution in [3.63, 3.8) is 0 Å². The number of primary amides is 1. The average molecular weight is 578 g/mol. The first-order valence-electron chi connectivity index (χ1n) is 13.4. The third kappa shape index (κ3) is 13.2. The minimum atomic E-state index is -1.45. The van der Waals surface area contributed by atoms with Crippen LogP contribution in [-0.4, -0.2) is 65.5 Å². The summed E-state index contributed by atoms with van der Waals surface area (Å²) in [4.78, 5) is 75.1. The van der Waals surface area contributed by atoms with Crippen molar-refractivity contribution in [1.29, 1.82) is 0 Å². The topological polar surface area (TPSA) is 195 Å². The SMILES string of the molecule is CC[C@H](C)[C@@H](NC(=O)[C@@H](C)NC(=O)[C@@H](CC(=O)OCc1ccccc1)NC(=O)[C@@H](C)NC(=O)OC(C)(C)C)C(N)=O. The molecular weight excluding hydrogens is 534 g/mol. The Balaban J connectivity index is 2.97. The second-order valence-corrected chi connectivity index (χ2v) is 10.8. The van der Waals surface area contributed by atoms with E-state index in [9.17, 15) is 28.8 Å². The molecule has 5 atom stereocenters. The summed E-state index contributed by atoms with van der Waals surface area (Å²) >= 11 is 0. The number of rotatable bonds is 14. The fraction of sp³-hybridized carbons (Fsp3) is 0.571. The number of alkyl carbamates (subject to hydrolysis) is 1. The monoisotopic (exact) mass is 577 g/mol. The lowest BCUT2D eigenvalue weighted by atomic mass is 9.98. The van der Waals surface area contributed by atoms with E-state index in [-0.39, 0.29) is 12.5 Å². The van der Waals surface area contributed by atoms with Crippen molar-refractivity contribution in [2.75, 3.05) is 0 Å². The maximum Gasteiger partial charge on any atom is 0.408 e. The highest BCUT2D eigenvalue weighted by Gasteiger charge is 2.31. The summed E-state index contributed by atoms with van der Waals surface area (Å²) in [6, 6.07) is 4.17. The Kier molecular flexibility index (Phi) is 13.8. The molecule has 0 heterocycles. The molecule has 0 aromatic heterocycles. The Hall–Kier alpha value is -4.16. The molecule has 0 spiro atoms. The van der Waals surface area contributed by atoms with Crippen LogP contribution in [0.1, 0.15) is 66.9 Å². The van der Waals surface area contributed by atoms with Gasteiger partial charge >= 0.3 is 12.1 Å². The van der Waals surface area contributed by atoms with E-state index in [1.54, 1.807) is 58.0 Å². The third-order valence-corrected chi connectivity index (χ3v) is 5.94. The maximum atomic E-state index is 13.1. The Morgan fingerprint density at radius 3 is 1.93 bits per heavy atom. The molecule has 1 aromatic rings. The number of nitrogens with two attached hydrogens (primary N) is 1. The van der Waals surface area contributed by atoms with E-state index < -0.39 is 71.9 Å². The van der Waals surface area contributed by atoms with Crippen LogP contribution in [0.4, 0.5) is 4.79 Å². The van der Waals surface area contributed by atoms with Gasteiger partial charge in [-0.2, -0.15) is 0 Å². The molecule has 228 valence electrons. The van der Waals surface area contributed by atoms with Gasteiger partial charge in [0.05, 0.1) is 6.42 Å². The molecule has 0 saturated carbocycles. The molecule has 13 heteroatoms. The molecule has 0 aliphatic heterocycles. The Labute approximate surface area is 240 Å². The number of hydrogen-bond acceptors (Lipinski definition) is 8. The van der Waals surface area contributed by atoms with Gasteiger partial charge in [0.25, 0.3) is 0 Å². The van der Waals surface area contributed by atoms with Gasteiger partial charge in [-0.25, -0.2) is 4.79 Å². The van der Waals surface area contributed by atoms with Crippen molar-refractivity contribution < 1.29 is 38.2 Å². The highest BCUT2D eigenvalue weighted by molar-refractivity contribution is 5.96. The van der Waals surface area contributed by atoms with Crippen LogP contribution in [0.15, 0.2) is 30.3 Å². The van der Waals surface area contributed by atoms with E-state index in [4.69, 9.17) is 15.2 Å². The number of carbonyl (C=O) groups excluding carboxylic acids is 6. The predicted octanol–water partition coefficient (Wildman–Crippen LogP) is 1.04. The number of nitrogens with one attached hydrogen (secondary N) is 4. The van der Waals surface area contributed by atoms with Gasteiger partial charge in [-0.15, -0.1) is 0 Å². The molecule has 41 heavy (non-hydrogen) atoms. The first-order chi connectivity index (χ1) is 19.0. The fourth-order valence-corrected chi connectivity index (χ4v) is 3.41. The van der Waals surface area contributed by atoms with Gasteiger partial charge in [-0.1, -0.05) is 50.6 Å². The van der Waals surface area contributed by atoms with Crippen LogP contribution < -0.4 is 27.0 Å². The zero-order valence-corrected chi connectivity index (χ0v) is 24.7. The lowest BCUT2D eigenvalue weighted by molar-refractivity contribution is -0.147. The molecule has 0 aliphatic carbocycles. The molecule has 0 unspecified atom stereocenters. The van der Waals surface area contributed by atoms with Gasteiger partial charge in [-0.05, 0) is 46.1 Å². The number of amides is 5. The molecule has 1 rings (SSSR count). The Bertz CT molecular complexity index is 1070. The third-order valence-electron chi connectivity index (χ3n) is 5.94. The summed E-state index contributed by atoms with van der Waals surface area (Å²) < 4.78 is 10.4. The van der Waals surface area contributed by atoms with Crippen LogP contribution in [0.25, 0.3) is 0 Å². The summed E-state index contributed by atoms with van der Waals surface area (Å²) in [5.41, 5.74) is 5.33. The molecule has 0 radical (unpaired) electrons. The fourth-order valence-electron chi connectivity index (χ4n) is 3.41. The highest BCUT2D eigenvalue weighted by atomic mass is 16.6. The lowest BCUT2D eigenvalue weighted by Crippen LogP contribution is -2.58. The summed E-state index contributed by atoms with van der Waals surface area (Å²) in [7, 11) is 0. The molecule has 5 amide bonds. The van der Waals surface area contributed by atoms with E-state index in [0.29, 0.717) is 6.42 Å². The van der Waals surface area contributed by atoms with Gasteiger partial charge in [0.2, 0.25) is 23.6 Å². The molecule has 0 bridgehead atoms. The van der Waals surface area contributed by atoms with Crippen LogP contribution in [-0.2, 0) is 40.1 Å². The molecule has 1 aromatic carbocycles. The van der Waals surface area contributed by atoms with Crippen molar-refractivity contribution in [2.45, 2.75) is 97.7 Å². The van der Waals surface area contributed by atoms with Crippen LogP contribution >= 0.6 is 0 Å². The smallest absolute Gasteiger partial charge is 0.408 e. The molecular formula is C28H43N5O8. The Morgan fingerprint density at radius 2 is 1.39 bits per heavy atom. The summed E-state index contributed by atoms with van der Waals surface area (Å²) in [5.74, 6) is -4.08. The van der Waals surface area contributed by atoms with Crippen molar-refractivity contribution in [3.8, 4) is 0 Å². The molecule has 0 aliphatic rings. The van der Waals surface area contributed by atoms with Gasteiger partial charge < -0.3 is 36.5 Å². The maximum absolute atomic E-state index is 13.1. The van der Waals surface area contributed by atoms with Crippen molar-refractivity contribution >= 4 is 35.7 Å². The van der Waals surface area contributed by atoms with Crippen molar-refractivity contribution in [2.24, 2.45) is 11.7 Å². The van der Waals surface area contributed by atoms with Gasteiger partial charge in [0, 0.05) is 0 Å². The van der Waals surface area contributed by atoms with E-state index in [1.807, 2.05) is 6.92 Å². The highest BCUT2D eigenvalue weighted by Crippen LogP contribution is 2.09. The average Bonchev–Trinajstić information content (AvgIpc) is 2.88. The van der Waals surface area contributed by atoms with Crippen LogP contribution in [0.5, 0.6) is 0 Å². The van der Waals surface area contributed by atoms with Crippen molar-refractivity contribution in [1.82, 2.24) is 21.3 Å². The van der Waals surface area contributed by atoms with Crippen LogP contribution in [0, 0.1) is 5.92 Å². The van der Waals surface area contributed by atoms with Crippen LogP contribution in [0.3, 0.4) is 0 Å². The normalized spacial score (nSPS) is 14.7. The number of esters is 1. The first kappa shape index (κ1) is 34.9. The zero-order valence-electron chi connectivity index (χ0n) is 24.7. The number of ether oxygens (including phenoxy) is 2. The van der Waals surface area contributed by atoms with E-state index in [0.717, 1.165) is 5.56 Å². The lowest BCUT2D eigenvalue weighted by Gasteiger charge is -2.25. The minimum Gasteiger partial charge on any atom is -0.461 e. The summed E-state index contributed by atoms with van der Waals surface area (Å²) in [6.45, 7) is 11.2. The zero-order chi connectivity index (χ0) is 31.3. The van der Waals surface area contributed by atoms with Crippen LogP contribution in [0.2, 0.25) is 0 Å². The number of benzene rings is 1. The second-order valence-electron chi connectivity index (χ2n) is 10.8. The minimum absolute atomic E-state index is 0.0541. The van der Waals surface area contributed by atoms with E-state index in [1.165, 1.54) is 13.8 Å². The summed E-state index contributed by atoms with van der Waals surface area (Å²) in [6.07, 6.45) is -0.836. The first-order valence-corrected chi connectivity index (χ1v) is 13.4. The largest absolute Gasteiger partial charge is 0.461 e. The number of hydrogen-bond donors (Lipinski definition) is 5. The van der Waals surface area contributed by atoms with Crippen molar-refractivity contribution in [3.05, 3.63) is 35.9 Å². The van der Waals surface area contributed by atoms with Gasteiger partial charge in [0.15, 0.2) is 0 Å². The van der Waals surface area contributed by atoms with Gasteiger partial charge in [-0.3, -0.25) is 24.0 Å². The predicted molar refractivity (Wildman–Crippen MR) is 150 cm³/mol. The molecule has 0 saturated heterocycles.